The Bertz CT molecular complexity index is 861. The fourth-order valence-electron chi connectivity index (χ4n) is 10.3. The molecule has 190 valence electrons. The summed E-state index contributed by atoms with van der Waals surface area (Å²) in [5.41, 5.74) is -0.0934. The average Bonchev–Trinajstić information content (AvgIpc) is 3.23. The van der Waals surface area contributed by atoms with Crippen molar-refractivity contribution in [2.75, 3.05) is 6.61 Å². The highest BCUT2D eigenvalue weighted by Crippen LogP contribution is 2.70. The highest BCUT2D eigenvalue weighted by molar-refractivity contribution is 5.87. The van der Waals surface area contributed by atoms with Gasteiger partial charge >= 0.3 is 5.97 Å². The van der Waals surface area contributed by atoms with Gasteiger partial charge in [-0.05, 0) is 80.0 Å². The van der Waals surface area contributed by atoms with Crippen LogP contribution in [0, 0.1) is 52.3 Å². The monoisotopic (exact) mass is 472 g/mol. The van der Waals surface area contributed by atoms with E-state index in [4.69, 9.17) is 14.2 Å². The summed E-state index contributed by atoms with van der Waals surface area (Å²) >= 11 is 0. The summed E-state index contributed by atoms with van der Waals surface area (Å²) in [6.07, 6.45) is 9.47. The number of hydrogen-bond acceptors (Lipinski definition) is 5. The molecular formula is C29H44O5. The molecular weight excluding hydrogens is 428 g/mol. The second-order valence-electron chi connectivity index (χ2n) is 13.5. The van der Waals surface area contributed by atoms with Crippen molar-refractivity contribution in [3.05, 3.63) is 0 Å². The molecule has 34 heavy (non-hydrogen) atoms. The van der Waals surface area contributed by atoms with Crippen LogP contribution >= 0.6 is 0 Å². The first-order chi connectivity index (χ1) is 16.1. The Hall–Kier alpha value is -0.940. The van der Waals surface area contributed by atoms with Crippen LogP contribution < -0.4 is 0 Å². The topological polar surface area (TPSA) is 61.8 Å². The Balaban J connectivity index is 1.25. The molecule has 6 fully saturated rings. The number of ether oxygens (including phenoxy) is 3. The van der Waals surface area contributed by atoms with Crippen molar-refractivity contribution >= 4 is 11.8 Å². The Morgan fingerprint density at radius 2 is 1.82 bits per heavy atom. The molecule has 0 amide bonds. The third kappa shape index (κ3) is 3.11. The van der Waals surface area contributed by atoms with E-state index in [1.807, 2.05) is 0 Å². The number of hydrogen-bond donors (Lipinski definition) is 0. The van der Waals surface area contributed by atoms with Gasteiger partial charge in [-0.15, -0.1) is 0 Å². The van der Waals surface area contributed by atoms with Crippen LogP contribution in [0.3, 0.4) is 0 Å². The minimum absolute atomic E-state index is 0.0613. The lowest BCUT2D eigenvalue weighted by Gasteiger charge is -2.60. The van der Waals surface area contributed by atoms with Gasteiger partial charge in [0.2, 0.25) is 0 Å². The molecule has 5 nitrogen and oxygen atoms in total. The van der Waals surface area contributed by atoms with Crippen molar-refractivity contribution < 1.29 is 23.8 Å². The summed E-state index contributed by atoms with van der Waals surface area (Å²) in [4.78, 5) is 25.7. The number of Topliss-reactive ketones (excluding diaryl/α,β-unsaturated/α-hetero) is 1. The van der Waals surface area contributed by atoms with Crippen molar-refractivity contribution in [3.8, 4) is 0 Å². The molecule has 0 aromatic carbocycles. The van der Waals surface area contributed by atoms with E-state index in [1.54, 1.807) is 0 Å². The SMILES string of the molecule is CC(=O)O[C@H]1CC[C@@]2(C)[C@@H](CC[C@@H]3[C@@H]2CC(=O)[C@]2(C)[C@@H]4[C@H](C[C@@H]32)O[C@@]2(CC[C@@H](C)CO2)[C@@H]4C)C1. The second kappa shape index (κ2) is 7.78. The van der Waals surface area contributed by atoms with E-state index in [0.717, 1.165) is 51.6 Å². The Morgan fingerprint density at radius 3 is 2.53 bits per heavy atom. The molecule has 2 saturated heterocycles. The van der Waals surface area contributed by atoms with Gasteiger partial charge in [-0.1, -0.05) is 27.7 Å². The molecule has 4 saturated carbocycles. The number of carbonyl (C=O) groups excluding carboxylic acids is 2. The molecule has 0 aromatic heterocycles. The molecule has 0 unspecified atom stereocenters. The molecule has 0 N–H and O–H groups in total. The van der Waals surface area contributed by atoms with E-state index < -0.39 is 5.79 Å². The summed E-state index contributed by atoms with van der Waals surface area (Å²) in [6, 6.07) is 0. The largest absolute Gasteiger partial charge is 0.463 e. The first-order valence-electron chi connectivity index (χ1n) is 14.1. The van der Waals surface area contributed by atoms with E-state index in [-0.39, 0.29) is 40.8 Å². The van der Waals surface area contributed by atoms with Crippen molar-refractivity contribution in [2.45, 2.75) is 110 Å². The van der Waals surface area contributed by atoms with Gasteiger partial charge in [0.05, 0.1) is 12.7 Å². The van der Waals surface area contributed by atoms with Crippen LogP contribution in [0.1, 0.15) is 92.4 Å². The zero-order chi connectivity index (χ0) is 24.0. The van der Waals surface area contributed by atoms with E-state index in [0.29, 0.717) is 35.4 Å². The number of ketones is 1. The van der Waals surface area contributed by atoms with Crippen LogP contribution in [-0.4, -0.2) is 36.4 Å². The molecule has 2 heterocycles. The molecule has 2 aliphatic heterocycles. The summed E-state index contributed by atoms with van der Waals surface area (Å²) in [6.45, 7) is 11.6. The number of rotatable bonds is 1. The minimum Gasteiger partial charge on any atom is -0.463 e. The second-order valence-corrected chi connectivity index (χ2v) is 13.5. The summed E-state index contributed by atoms with van der Waals surface area (Å²) in [5, 5.41) is 0. The highest BCUT2D eigenvalue weighted by atomic mass is 16.7. The molecule has 5 heteroatoms. The summed E-state index contributed by atoms with van der Waals surface area (Å²) < 4.78 is 18.8. The lowest BCUT2D eigenvalue weighted by molar-refractivity contribution is -0.272. The van der Waals surface area contributed by atoms with Crippen LogP contribution in [0.2, 0.25) is 0 Å². The van der Waals surface area contributed by atoms with Crippen molar-refractivity contribution in [3.63, 3.8) is 0 Å². The van der Waals surface area contributed by atoms with Crippen molar-refractivity contribution in [1.82, 2.24) is 0 Å². The first-order valence-corrected chi connectivity index (χ1v) is 14.1. The van der Waals surface area contributed by atoms with Crippen molar-refractivity contribution in [2.24, 2.45) is 52.3 Å². The zero-order valence-corrected chi connectivity index (χ0v) is 21.8. The van der Waals surface area contributed by atoms with Crippen LogP contribution in [0.25, 0.3) is 0 Å². The van der Waals surface area contributed by atoms with Gasteiger partial charge in [0.25, 0.3) is 0 Å². The van der Waals surface area contributed by atoms with Gasteiger partial charge in [0.15, 0.2) is 5.79 Å². The minimum atomic E-state index is -0.467. The Morgan fingerprint density at radius 1 is 1.03 bits per heavy atom. The van der Waals surface area contributed by atoms with Gasteiger partial charge in [-0.2, -0.15) is 0 Å². The van der Waals surface area contributed by atoms with Gasteiger partial charge in [0.1, 0.15) is 11.9 Å². The van der Waals surface area contributed by atoms with Crippen molar-refractivity contribution in [1.29, 1.82) is 0 Å². The van der Waals surface area contributed by atoms with E-state index in [9.17, 15) is 9.59 Å². The smallest absolute Gasteiger partial charge is 0.302 e. The number of carbonyl (C=O) groups is 2. The molecule has 12 atom stereocenters. The van der Waals surface area contributed by atoms with Crippen LogP contribution in [0.15, 0.2) is 0 Å². The molecule has 6 rings (SSSR count). The predicted molar refractivity (Wildman–Crippen MR) is 128 cm³/mol. The quantitative estimate of drug-likeness (QED) is 0.469. The average molecular weight is 473 g/mol. The predicted octanol–water partition coefficient (Wildman–Crippen LogP) is 5.54. The van der Waals surface area contributed by atoms with E-state index in [2.05, 4.69) is 27.7 Å². The van der Waals surface area contributed by atoms with Gasteiger partial charge < -0.3 is 14.2 Å². The standard InChI is InChI=1S/C29H44O5/c1-16-8-11-29(32-15-16)17(2)26-24(34-29)13-23-21-7-6-19-12-20(33-18(3)30)9-10-27(19,4)22(21)14-25(31)28(23,26)5/h16-17,19-24,26H,6-15H2,1-5H3/t16-,17-,19+,20+,21-,22+,23+,24+,26+,27+,28-,29+/m1/s1. The Kier molecular flexibility index (Phi) is 5.37. The number of esters is 1. The fourth-order valence-corrected chi connectivity index (χ4v) is 10.3. The van der Waals surface area contributed by atoms with Crippen LogP contribution in [0.4, 0.5) is 0 Å². The lowest BCUT2D eigenvalue weighted by atomic mass is 9.44. The third-order valence-corrected chi connectivity index (χ3v) is 12.1. The maximum absolute atomic E-state index is 14.1. The third-order valence-electron chi connectivity index (χ3n) is 12.1. The first kappa shape index (κ1) is 23.5. The van der Waals surface area contributed by atoms with E-state index in [1.165, 1.54) is 19.8 Å². The van der Waals surface area contributed by atoms with Gasteiger partial charge in [-0.25, -0.2) is 0 Å². The lowest BCUT2D eigenvalue weighted by Crippen LogP contribution is -2.58. The fraction of sp³-hybridized carbons (Fsp3) is 0.931. The normalized spacial score (nSPS) is 56.4. The highest BCUT2D eigenvalue weighted by Gasteiger charge is 2.71. The van der Waals surface area contributed by atoms with Crippen LogP contribution in [-0.2, 0) is 23.8 Å². The maximum atomic E-state index is 14.1. The van der Waals surface area contributed by atoms with E-state index >= 15 is 0 Å². The molecule has 4 aliphatic carbocycles. The van der Waals surface area contributed by atoms with Gasteiger partial charge in [-0.3, -0.25) is 9.59 Å². The van der Waals surface area contributed by atoms with Crippen LogP contribution in [0.5, 0.6) is 0 Å². The molecule has 0 bridgehead atoms. The zero-order valence-electron chi connectivity index (χ0n) is 21.8. The Labute approximate surface area is 205 Å². The molecule has 1 spiro atoms. The number of fused-ring (bicyclic) bond motifs is 7. The maximum Gasteiger partial charge on any atom is 0.302 e. The molecule has 0 radical (unpaired) electrons. The summed E-state index contributed by atoms with van der Waals surface area (Å²) in [5.74, 6) is 3.07. The van der Waals surface area contributed by atoms with Gasteiger partial charge in [0, 0.05) is 37.0 Å². The summed E-state index contributed by atoms with van der Waals surface area (Å²) in [7, 11) is 0. The molecule has 0 aromatic rings. The molecule has 6 aliphatic rings.